The third-order valence-corrected chi connectivity index (χ3v) is 7.61. The summed E-state index contributed by atoms with van der Waals surface area (Å²) in [5.74, 6) is 0.306. The number of rotatable bonds is 16. The molecule has 0 radical (unpaired) electrons. The Hall–Kier alpha value is -5.19. The highest BCUT2D eigenvalue weighted by atomic mass is 16.5. The molecular weight excluding hydrogens is 596 g/mol. The number of benzene rings is 3. The minimum absolute atomic E-state index is 0.0917. The molecule has 1 aromatic heterocycles. The van der Waals surface area contributed by atoms with Crippen molar-refractivity contribution in [3.05, 3.63) is 89.7 Å². The molecule has 11 nitrogen and oxygen atoms in total. The Balaban J connectivity index is 1.40. The molecule has 4 aromatic rings. The monoisotopic (exact) mass is 640 g/mol. The van der Waals surface area contributed by atoms with Crippen LogP contribution in [0.1, 0.15) is 74.1 Å². The van der Waals surface area contributed by atoms with Crippen LogP contribution < -0.4 is 16.0 Å². The number of amides is 2. The van der Waals surface area contributed by atoms with Crippen LogP contribution in [-0.4, -0.2) is 53.1 Å². The molecule has 47 heavy (non-hydrogen) atoms. The third kappa shape index (κ3) is 9.90. The van der Waals surface area contributed by atoms with E-state index in [9.17, 15) is 14.4 Å². The van der Waals surface area contributed by atoms with Crippen LogP contribution in [0.15, 0.2) is 77.8 Å². The van der Waals surface area contributed by atoms with Gasteiger partial charge in [-0.25, -0.2) is 9.78 Å². The summed E-state index contributed by atoms with van der Waals surface area (Å²) in [6, 6.07) is 22.0. The number of nitrogens with two attached hydrogens (primary N) is 1. The van der Waals surface area contributed by atoms with Crippen LogP contribution >= 0.6 is 0 Å². The molecule has 0 unspecified atom stereocenters. The lowest BCUT2D eigenvalue weighted by molar-refractivity contribution is -0.143. The van der Waals surface area contributed by atoms with Crippen molar-refractivity contribution in [1.29, 1.82) is 0 Å². The third-order valence-electron chi connectivity index (χ3n) is 7.61. The van der Waals surface area contributed by atoms with Gasteiger partial charge in [-0.05, 0) is 67.4 Å². The summed E-state index contributed by atoms with van der Waals surface area (Å²) < 4.78 is 12.3. The highest BCUT2D eigenvalue weighted by Crippen LogP contribution is 2.22. The van der Waals surface area contributed by atoms with Gasteiger partial charge in [0, 0.05) is 36.1 Å². The number of para-hydroxylation sites is 1. The average molecular weight is 641 g/mol. The number of fused-ring (bicyclic) bond motifs is 1. The molecule has 1 heterocycles. The van der Waals surface area contributed by atoms with Gasteiger partial charge >= 0.3 is 12.1 Å². The molecule has 0 spiro atoms. The first-order valence-corrected chi connectivity index (χ1v) is 16.1. The molecular formula is C36H44N6O5. The number of hydrogen-bond donors (Lipinski definition) is 2. The molecule has 3 aromatic carbocycles. The summed E-state index contributed by atoms with van der Waals surface area (Å²) in [5, 5.41) is 3.36. The summed E-state index contributed by atoms with van der Waals surface area (Å²) in [5.41, 5.74) is 10.2. The van der Waals surface area contributed by atoms with Gasteiger partial charge in [0.25, 0.3) is 5.91 Å². The van der Waals surface area contributed by atoms with Crippen molar-refractivity contribution in [2.75, 3.05) is 30.0 Å². The van der Waals surface area contributed by atoms with E-state index in [4.69, 9.17) is 20.2 Å². The molecule has 0 aliphatic carbocycles. The first-order valence-electron chi connectivity index (χ1n) is 16.1. The Morgan fingerprint density at radius 3 is 2.36 bits per heavy atom. The lowest BCUT2D eigenvalue weighted by Gasteiger charge is -2.22. The van der Waals surface area contributed by atoms with Gasteiger partial charge in [0.1, 0.15) is 11.7 Å². The van der Waals surface area contributed by atoms with Gasteiger partial charge in [-0.1, -0.05) is 51.3 Å². The molecule has 0 bridgehead atoms. The number of esters is 1. The highest BCUT2D eigenvalue weighted by Gasteiger charge is 2.21. The number of aryl methyl sites for hydroxylation is 1. The van der Waals surface area contributed by atoms with Crippen molar-refractivity contribution in [2.24, 2.45) is 17.8 Å². The Labute approximate surface area is 275 Å². The average Bonchev–Trinajstić information content (AvgIpc) is 3.41. The molecule has 0 fully saturated rings. The summed E-state index contributed by atoms with van der Waals surface area (Å²) in [4.78, 5) is 48.2. The fraction of sp³-hybridized carbons (Fsp3) is 0.361. The van der Waals surface area contributed by atoms with Gasteiger partial charge in [0.2, 0.25) is 0 Å². The maximum Gasteiger partial charge on any atom is 0.435 e. The molecule has 11 heteroatoms. The standard InChI is InChI=1S/C36H44N6O5/c1-4-6-7-11-23-47-36(45)40-34(37)26-14-17-28(18-15-26)38-25-32-39-30-24-27(16-19-31(30)41(32)3)35(44)42(29-12-9-8-10-13-29)21-20-33(43)46-22-5-2/h8-10,12-19,24,38H,4-7,11,20-23,25H2,1-3H3,(H2,37,40,45). The van der Waals surface area contributed by atoms with Gasteiger partial charge < -0.3 is 30.0 Å². The SMILES string of the molecule is CCCCCCOC(=O)N=C(N)c1ccc(NCc2nc3cc(C(=O)N(CCC(=O)OCCC)c4ccccc4)ccc3n2C)cc1. The van der Waals surface area contributed by atoms with Crippen LogP contribution in [0.5, 0.6) is 0 Å². The van der Waals surface area contributed by atoms with Crippen LogP contribution in [0.4, 0.5) is 16.2 Å². The Bertz CT molecular complexity index is 1670. The van der Waals surface area contributed by atoms with Crippen molar-refractivity contribution in [2.45, 2.75) is 58.9 Å². The first kappa shape index (κ1) is 34.7. The zero-order chi connectivity index (χ0) is 33.6. The second kappa shape index (κ2) is 17.5. The van der Waals surface area contributed by atoms with Crippen molar-refractivity contribution in [1.82, 2.24) is 9.55 Å². The van der Waals surface area contributed by atoms with Crippen molar-refractivity contribution < 1.29 is 23.9 Å². The van der Waals surface area contributed by atoms with Gasteiger partial charge in [-0.3, -0.25) is 9.59 Å². The smallest absolute Gasteiger partial charge is 0.435 e. The van der Waals surface area contributed by atoms with Gasteiger partial charge in [0.05, 0.1) is 37.2 Å². The van der Waals surface area contributed by atoms with E-state index in [1.165, 1.54) is 0 Å². The largest absolute Gasteiger partial charge is 0.466 e. The number of amidine groups is 1. The number of carbonyl (C=O) groups is 3. The number of nitrogens with one attached hydrogen (secondary N) is 1. The number of aromatic nitrogens is 2. The van der Waals surface area contributed by atoms with E-state index in [1.807, 2.05) is 67.1 Å². The molecule has 4 rings (SSSR count). The first-order chi connectivity index (χ1) is 22.8. The zero-order valence-electron chi connectivity index (χ0n) is 27.4. The highest BCUT2D eigenvalue weighted by molar-refractivity contribution is 6.08. The van der Waals surface area contributed by atoms with E-state index < -0.39 is 6.09 Å². The van der Waals surface area contributed by atoms with Gasteiger partial charge in [0.15, 0.2) is 0 Å². The Morgan fingerprint density at radius 1 is 0.894 bits per heavy atom. The van der Waals surface area contributed by atoms with E-state index in [0.717, 1.165) is 49.1 Å². The number of aliphatic imine (C=N–C) groups is 1. The Kier molecular flexibility index (Phi) is 12.9. The summed E-state index contributed by atoms with van der Waals surface area (Å²) in [7, 11) is 1.93. The van der Waals surface area contributed by atoms with Crippen LogP contribution in [0.3, 0.4) is 0 Å². The number of nitrogens with zero attached hydrogens (tertiary/aromatic N) is 4. The lowest BCUT2D eigenvalue weighted by atomic mass is 10.1. The van der Waals surface area contributed by atoms with Crippen LogP contribution in [-0.2, 0) is 27.9 Å². The van der Waals surface area contributed by atoms with E-state index >= 15 is 0 Å². The second-order valence-corrected chi connectivity index (χ2v) is 11.2. The fourth-order valence-electron chi connectivity index (χ4n) is 4.97. The number of unbranched alkanes of at least 4 members (excludes halogenated alkanes) is 3. The van der Waals surface area contributed by atoms with Crippen LogP contribution in [0, 0.1) is 0 Å². The summed E-state index contributed by atoms with van der Waals surface area (Å²) in [6.07, 6.45) is 4.19. The molecule has 248 valence electrons. The van der Waals surface area contributed by atoms with Crippen LogP contribution in [0.25, 0.3) is 11.0 Å². The van der Waals surface area contributed by atoms with E-state index in [-0.39, 0.29) is 30.7 Å². The molecule has 0 saturated carbocycles. The molecule has 0 aliphatic rings. The predicted octanol–water partition coefficient (Wildman–Crippen LogP) is 6.60. The maximum absolute atomic E-state index is 13.7. The second-order valence-electron chi connectivity index (χ2n) is 11.2. The summed E-state index contributed by atoms with van der Waals surface area (Å²) in [6.45, 7) is 5.38. The van der Waals surface area contributed by atoms with E-state index in [1.54, 1.807) is 29.2 Å². The van der Waals surface area contributed by atoms with Gasteiger partial charge in [-0.15, -0.1) is 0 Å². The summed E-state index contributed by atoms with van der Waals surface area (Å²) >= 11 is 0. The van der Waals surface area contributed by atoms with E-state index in [0.29, 0.717) is 42.1 Å². The minimum Gasteiger partial charge on any atom is -0.466 e. The predicted molar refractivity (Wildman–Crippen MR) is 185 cm³/mol. The molecule has 0 atom stereocenters. The quantitative estimate of drug-likeness (QED) is 0.0604. The maximum atomic E-state index is 13.7. The zero-order valence-corrected chi connectivity index (χ0v) is 27.4. The molecule has 0 aliphatic heterocycles. The number of hydrogen-bond acceptors (Lipinski definition) is 7. The number of carbonyl (C=O) groups excluding carboxylic acids is 3. The Morgan fingerprint density at radius 2 is 1.64 bits per heavy atom. The molecule has 2 amide bonds. The van der Waals surface area contributed by atoms with Crippen molar-refractivity contribution >= 4 is 46.2 Å². The number of anilines is 2. The molecule has 0 saturated heterocycles. The number of ether oxygens (including phenoxy) is 2. The van der Waals surface area contributed by atoms with Crippen molar-refractivity contribution in [3.63, 3.8) is 0 Å². The van der Waals surface area contributed by atoms with Crippen molar-refractivity contribution in [3.8, 4) is 0 Å². The fourth-order valence-corrected chi connectivity index (χ4v) is 4.97. The molecule has 3 N–H and O–H groups in total. The topological polar surface area (TPSA) is 141 Å². The normalized spacial score (nSPS) is 11.3. The van der Waals surface area contributed by atoms with Gasteiger partial charge in [-0.2, -0.15) is 4.99 Å². The van der Waals surface area contributed by atoms with Crippen LogP contribution in [0.2, 0.25) is 0 Å². The van der Waals surface area contributed by atoms with E-state index in [2.05, 4.69) is 17.2 Å². The minimum atomic E-state index is -0.687. The number of imidazole rings is 1. The lowest BCUT2D eigenvalue weighted by Crippen LogP contribution is -2.33.